The van der Waals surface area contributed by atoms with E-state index in [-0.39, 0.29) is 6.10 Å². The maximum Gasteiger partial charge on any atom is 0.137 e. The van der Waals surface area contributed by atoms with Crippen LogP contribution in [0.2, 0.25) is 0 Å². The Balaban J connectivity index is 1.90. The van der Waals surface area contributed by atoms with Crippen LogP contribution in [-0.2, 0) is 16.0 Å². The molecule has 5 heteroatoms. The summed E-state index contributed by atoms with van der Waals surface area (Å²) in [4.78, 5) is 7.42. The van der Waals surface area contributed by atoms with Crippen LogP contribution >= 0.6 is 0 Å². The Kier molecular flexibility index (Phi) is 4.69. The van der Waals surface area contributed by atoms with E-state index >= 15 is 0 Å². The zero-order valence-electron chi connectivity index (χ0n) is 10.8. The van der Waals surface area contributed by atoms with Gasteiger partial charge in [-0.3, -0.25) is 0 Å². The number of hydrogen-bond acceptors (Lipinski definition) is 4. The number of ether oxygens (including phenoxy) is 2. The maximum absolute atomic E-state index is 5.29. The second kappa shape index (κ2) is 6.49. The summed E-state index contributed by atoms with van der Waals surface area (Å²) in [6.45, 7) is 2.14. The zero-order valence-corrected chi connectivity index (χ0v) is 10.8. The lowest BCUT2D eigenvalue weighted by Gasteiger charge is -2.14. The van der Waals surface area contributed by atoms with Crippen molar-refractivity contribution >= 4 is 11.0 Å². The van der Waals surface area contributed by atoms with E-state index in [0.717, 1.165) is 24.1 Å². The second-order valence-electron chi connectivity index (χ2n) is 4.16. The first-order valence-electron chi connectivity index (χ1n) is 5.98. The lowest BCUT2D eigenvalue weighted by molar-refractivity contribution is 0.0288. The Hall–Kier alpha value is -1.43. The lowest BCUT2D eigenvalue weighted by Crippen LogP contribution is -2.31. The Morgan fingerprint density at radius 1 is 1.44 bits per heavy atom. The van der Waals surface area contributed by atoms with Crippen LogP contribution in [0, 0.1) is 0 Å². The summed E-state index contributed by atoms with van der Waals surface area (Å²) >= 11 is 0. The van der Waals surface area contributed by atoms with Crippen molar-refractivity contribution in [2.24, 2.45) is 0 Å². The monoisotopic (exact) mass is 249 g/mol. The number of aromatic nitrogens is 2. The summed E-state index contributed by atoms with van der Waals surface area (Å²) < 4.78 is 10.4. The molecular weight excluding hydrogens is 230 g/mol. The quantitative estimate of drug-likeness (QED) is 0.777. The molecular formula is C13H19N3O2. The molecule has 2 heterocycles. The van der Waals surface area contributed by atoms with Crippen molar-refractivity contribution in [1.29, 1.82) is 0 Å². The third-order valence-electron chi connectivity index (χ3n) is 2.91. The minimum Gasteiger partial charge on any atom is -0.382 e. The van der Waals surface area contributed by atoms with Crippen molar-refractivity contribution in [3.8, 4) is 0 Å². The van der Waals surface area contributed by atoms with E-state index in [9.17, 15) is 0 Å². The molecule has 18 heavy (non-hydrogen) atoms. The number of aromatic amines is 1. The molecule has 0 saturated carbocycles. The minimum atomic E-state index is 0.0818. The molecule has 2 aromatic rings. The van der Waals surface area contributed by atoms with Gasteiger partial charge in [-0.2, -0.15) is 0 Å². The third kappa shape index (κ3) is 3.07. The van der Waals surface area contributed by atoms with Crippen LogP contribution in [0.5, 0.6) is 0 Å². The smallest absolute Gasteiger partial charge is 0.137 e. The highest BCUT2D eigenvalue weighted by Gasteiger charge is 2.07. The second-order valence-corrected chi connectivity index (χ2v) is 4.16. The highest BCUT2D eigenvalue weighted by molar-refractivity contribution is 5.79. The van der Waals surface area contributed by atoms with Gasteiger partial charge in [0.25, 0.3) is 0 Å². The van der Waals surface area contributed by atoms with Crippen LogP contribution in [0.1, 0.15) is 5.56 Å². The van der Waals surface area contributed by atoms with Crippen molar-refractivity contribution < 1.29 is 9.47 Å². The van der Waals surface area contributed by atoms with E-state index in [0.29, 0.717) is 6.61 Å². The van der Waals surface area contributed by atoms with E-state index < -0.39 is 0 Å². The van der Waals surface area contributed by atoms with Crippen molar-refractivity contribution in [2.45, 2.75) is 12.6 Å². The molecule has 0 amide bonds. The van der Waals surface area contributed by atoms with Crippen LogP contribution in [0.4, 0.5) is 0 Å². The zero-order chi connectivity index (χ0) is 12.8. The van der Waals surface area contributed by atoms with E-state index in [1.807, 2.05) is 12.3 Å². The van der Waals surface area contributed by atoms with Gasteiger partial charge in [0, 0.05) is 45.1 Å². The molecule has 1 atom stereocenters. The van der Waals surface area contributed by atoms with E-state index in [1.54, 1.807) is 20.4 Å². The summed E-state index contributed by atoms with van der Waals surface area (Å²) in [6.07, 6.45) is 3.86. The average molecular weight is 249 g/mol. The van der Waals surface area contributed by atoms with E-state index in [2.05, 4.69) is 21.4 Å². The van der Waals surface area contributed by atoms with Crippen molar-refractivity contribution in [3.05, 3.63) is 30.1 Å². The first-order valence-corrected chi connectivity index (χ1v) is 5.98. The highest BCUT2D eigenvalue weighted by Crippen LogP contribution is 2.14. The SMILES string of the molecule is COCC(CNCc1c[nH]c2ncccc12)OC. The lowest BCUT2D eigenvalue weighted by atomic mass is 10.2. The first kappa shape index (κ1) is 13.0. The summed E-state index contributed by atoms with van der Waals surface area (Å²) in [5.74, 6) is 0. The fraction of sp³-hybridized carbons (Fsp3) is 0.462. The number of nitrogens with one attached hydrogen (secondary N) is 2. The molecule has 98 valence electrons. The third-order valence-corrected chi connectivity index (χ3v) is 2.91. The number of fused-ring (bicyclic) bond motifs is 1. The Morgan fingerprint density at radius 3 is 3.11 bits per heavy atom. The molecule has 2 aromatic heterocycles. The van der Waals surface area contributed by atoms with Crippen LogP contribution in [-0.4, -0.2) is 43.4 Å². The van der Waals surface area contributed by atoms with Gasteiger partial charge in [0.2, 0.25) is 0 Å². The van der Waals surface area contributed by atoms with Crippen molar-refractivity contribution in [1.82, 2.24) is 15.3 Å². The molecule has 5 nitrogen and oxygen atoms in total. The van der Waals surface area contributed by atoms with E-state index in [4.69, 9.17) is 9.47 Å². The summed E-state index contributed by atoms with van der Waals surface area (Å²) in [6, 6.07) is 4.02. The average Bonchev–Trinajstić information content (AvgIpc) is 2.81. The van der Waals surface area contributed by atoms with Crippen LogP contribution in [0.25, 0.3) is 11.0 Å². The predicted molar refractivity (Wildman–Crippen MR) is 70.5 cm³/mol. The van der Waals surface area contributed by atoms with Crippen LogP contribution in [0.15, 0.2) is 24.5 Å². The van der Waals surface area contributed by atoms with Gasteiger partial charge in [-0.15, -0.1) is 0 Å². The number of H-pyrrole nitrogens is 1. The van der Waals surface area contributed by atoms with Gasteiger partial charge in [0.05, 0.1) is 12.7 Å². The normalized spacial score (nSPS) is 13.0. The number of rotatable bonds is 7. The standard InChI is InChI=1S/C13H19N3O2/c1-17-9-11(18-2)8-14-6-10-7-16-13-12(10)4-3-5-15-13/h3-5,7,11,14H,6,8-9H2,1-2H3,(H,15,16). The van der Waals surface area contributed by atoms with Crippen LogP contribution < -0.4 is 5.32 Å². The number of hydrogen-bond donors (Lipinski definition) is 2. The fourth-order valence-corrected chi connectivity index (χ4v) is 1.92. The van der Waals surface area contributed by atoms with Gasteiger partial charge in [-0.05, 0) is 17.7 Å². The molecule has 0 radical (unpaired) electrons. The van der Waals surface area contributed by atoms with Gasteiger partial charge in [-0.1, -0.05) is 0 Å². The summed E-state index contributed by atoms with van der Waals surface area (Å²) in [5, 5.41) is 4.52. The predicted octanol–water partition coefficient (Wildman–Crippen LogP) is 1.31. The maximum atomic E-state index is 5.29. The highest BCUT2D eigenvalue weighted by atomic mass is 16.5. The van der Waals surface area contributed by atoms with Crippen molar-refractivity contribution in [2.75, 3.05) is 27.4 Å². The van der Waals surface area contributed by atoms with Gasteiger partial charge >= 0.3 is 0 Å². The molecule has 0 spiro atoms. The number of pyridine rings is 1. The number of nitrogens with zero attached hydrogens (tertiary/aromatic N) is 1. The number of methoxy groups -OCH3 is 2. The summed E-state index contributed by atoms with van der Waals surface area (Å²) in [7, 11) is 3.37. The molecule has 2 rings (SSSR count). The Labute approximate surface area is 107 Å². The minimum absolute atomic E-state index is 0.0818. The largest absolute Gasteiger partial charge is 0.382 e. The Bertz CT molecular complexity index is 484. The summed E-state index contributed by atoms with van der Waals surface area (Å²) in [5.41, 5.74) is 2.14. The topological polar surface area (TPSA) is 59.2 Å². The van der Waals surface area contributed by atoms with Gasteiger partial charge in [-0.25, -0.2) is 4.98 Å². The van der Waals surface area contributed by atoms with Crippen molar-refractivity contribution in [3.63, 3.8) is 0 Å². The molecule has 0 fully saturated rings. The van der Waals surface area contributed by atoms with Crippen LogP contribution in [0.3, 0.4) is 0 Å². The molecule has 0 aliphatic carbocycles. The van der Waals surface area contributed by atoms with Gasteiger partial charge in [0.15, 0.2) is 0 Å². The fourth-order valence-electron chi connectivity index (χ4n) is 1.92. The first-order chi connectivity index (χ1) is 8.85. The molecule has 0 aromatic carbocycles. The molecule has 0 aliphatic rings. The molecule has 0 bridgehead atoms. The molecule has 0 aliphatic heterocycles. The van der Waals surface area contributed by atoms with E-state index in [1.165, 1.54) is 5.56 Å². The molecule has 2 N–H and O–H groups in total. The molecule has 0 saturated heterocycles. The Morgan fingerprint density at radius 2 is 2.33 bits per heavy atom. The molecule has 1 unspecified atom stereocenters. The van der Waals surface area contributed by atoms with Gasteiger partial charge in [0.1, 0.15) is 5.65 Å². The van der Waals surface area contributed by atoms with Gasteiger partial charge < -0.3 is 19.8 Å².